The fraction of sp³-hybridized carbons (Fsp3) is 0.417. The summed E-state index contributed by atoms with van der Waals surface area (Å²) < 4.78 is 18.3. The molecule has 0 spiro atoms. The van der Waals surface area contributed by atoms with E-state index in [2.05, 4.69) is 21.2 Å². The summed E-state index contributed by atoms with van der Waals surface area (Å²) in [5.74, 6) is -0.250. The Morgan fingerprint density at radius 1 is 1.61 bits per heavy atom. The molecule has 1 N–H and O–H groups in total. The van der Waals surface area contributed by atoms with Crippen molar-refractivity contribution in [3.63, 3.8) is 0 Å². The lowest BCUT2D eigenvalue weighted by molar-refractivity contribution is 0.0894. The van der Waals surface area contributed by atoms with E-state index < -0.39 is 5.82 Å². The van der Waals surface area contributed by atoms with Crippen molar-refractivity contribution >= 4 is 33.4 Å². The summed E-state index contributed by atoms with van der Waals surface area (Å²) in [6.07, 6.45) is 0.611. The highest BCUT2D eigenvalue weighted by atomic mass is 79.9. The molecule has 0 fully saturated rings. The SMILES string of the molecule is COCC(CCCl)NC(=O)c1ccc(F)cc1Br. The van der Waals surface area contributed by atoms with E-state index in [1.165, 1.54) is 18.2 Å². The number of amides is 1. The third-order valence-electron chi connectivity index (χ3n) is 2.34. The molecule has 0 aliphatic rings. The molecule has 3 nitrogen and oxygen atoms in total. The average Bonchev–Trinajstić information content (AvgIpc) is 2.29. The molecule has 1 unspecified atom stereocenters. The van der Waals surface area contributed by atoms with Crippen LogP contribution in [0.25, 0.3) is 0 Å². The van der Waals surface area contributed by atoms with Crippen molar-refractivity contribution in [1.82, 2.24) is 5.32 Å². The highest BCUT2D eigenvalue weighted by molar-refractivity contribution is 9.10. The molecule has 0 aliphatic carbocycles. The van der Waals surface area contributed by atoms with Crippen LogP contribution in [-0.4, -0.2) is 31.5 Å². The number of methoxy groups -OCH3 is 1. The second-order valence-electron chi connectivity index (χ2n) is 3.73. The molecule has 0 saturated heterocycles. The van der Waals surface area contributed by atoms with Crippen LogP contribution in [0.3, 0.4) is 0 Å². The zero-order valence-corrected chi connectivity index (χ0v) is 12.2. The van der Waals surface area contributed by atoms with Crippen molar-refractivity contribution in [2.24, 2.45) is 0 Å². The van der Waals surface area contributed by atoms with Crippen molar-refractivity contribution in [2.45, 2.75) is 12.5 Å². The van der Waals surface area contributed by atoms with Gasteiger partial charge >= 0.3 is 0 Å². The van der Waals surface area contributed by atoms with Crippen LogP contribution in [-0.2, 0) is 4.74 Å². The van der Waals surface area contributed by atoms with Crippen LogP contribution in [0.2, 0.25) is 0 Å². The van der Waals surface area contributed by atoms with E-state index in [0.29, 0.717) is 28.9 Å². The number of hydrogen-bond acceptors (Lipinski definition) is 2. The molecule has 0 bridgehead atoms. The molecule has 1 aromatic rings. The number of nitrogens with one attached hydrogen (secondary N) is 1. The van der Waals surface area contributed by atoms with Gasteiger partial charge in [-0.2, -0.15) is 0 Å². The van der Waals surface area contributed by atoms with Crippen LogP contribution in [0.4, 0.5) is 4.39 Å². The lowest BCUT2D eigenvalue weighted by atomic mass is 10.1. The van der Waals surface area contributed by atoms with E-state index >= 15 is 0 Å². The van der Waals surface area contributed by atoms with E-state index in [-0.39, 0.29) is 11.9 Å². The summed E-state index contributed by atoms with van der Waals surface area (Å²) in [6.45, 7) is 0.386. The molecule has 1 atom stereocenters. The zero-order valence-electron chi connectivity index (χ0n) is 9.88. The zero-order chi connectivity index (χ0) is 13.5. The predicted molar refractivity (Wildman–Crippen MR) is 72.6 cm³/mol. The molecule has 18 heavy (non-hydrogen) atoms. The van der Waals surface area contributed by atoms with Gasteiger partial charge in [-0.25, -0.2) is 4.39 Å². The van der Waals surface area contributed by atoms with Gasteiger partial charge in [0.2, 0.25) is 0 Å². The van der Waals surface area contributed by atoms with E-state index in [0.717, 1.165) is 0 Å². The number of alkyl halides is 1. The van der Waals surface area contributed by atoms with Crippen LogP contribution in [0.15, 0.2) is 22.7 Å². The fourth-order valence-corrected chi connectivity index (χ4v) is 2.26. The molecule has 0 aliphatic heterocycles. The number of halogens is 3. The largest absolute Gasteiger partial charge is 0.383 e. The van der Waals surface area contributed by atoms with Gasteiger partial charge in [0.15, 0.2) is 0 Å². The maximum Gasteiger partial charge on any atom is 0.252 e. The maximum atomic E-state index is 12.9. The van der Waals surface area contributed by atoms with Gasteiger partial charge in [-0.05, 0) is 40.5 Å². The van der Waals surface area contributed by atoms with E-state index in [1.807, 2.05) is 0 Å². The summed E-state index contributed by atoms with van der Waals surface area (Å²) in [5.41, 5.74) is 0.382. The van der Waals surface area contributed by atoms with E-state index in [9.17, 15) is 9.18 Å². The first-order valence-electron chi connectivity index (χ1n) is 5.39. The van der Waals surface area contributed by atoms with Gasteiger partial charge < -0.3 is 10.1 Å². The van der Waals surface area contributed by atoms with Crippen molar-refractivity contribution in [3.8, 4) is 0 Å². The molecular weight excluding hydrogens is 324 g/mol. The molecule has 0 radical (unpaired) electrons. The minimum atomic E-state index is -0.396. The lowest BCUT2D eigenvalue weighted by Crippen LogP contribution is -2.38. The minimum absolute atomic E-state index is 0.156. The summed E-state index contributed by atoms with van der Waals surface area (Å²) in [5, 5.41) is 2.79. The molecule has 6 heteroatoms. The monoisotopic (exact) mass is 337 g/mol. The van der Waals surface area contributed by atoms with Crippen molar-refractivity contribution in [1.29, 1.82) is 0 Å². The maximum absolute atomic E-state index is 12.9. The van der Waals surface area contributed by atoms with Gasteiger partial charge in [-0.3, -0.25) is 4.79 Å². The molecule has 1 rings (SSSR count). The number of benzene rings is 1. The molecular formula is C12H14BrClFNO2. The van der Waals surface area contributed by atoms with Gasteiger partial charge in [0.05, 0.1) is 18.2 Å². The number of rotatable bonds is 6. The Kier molecular flexibility index (Phi) is 6.60. The van der Waals surface area contributed by atoms with Crippen LogP contribution in [0, 0.1) is 5.82 Å². The smallest absolute Gasteiger partial charge is 0.252 e. The third kappa shape index (κ3) is 4.55. The quantitative estimate of drug-likeness (QED) is 0.810. The van der Waals surface area contributed by atoms with E-state index in [4.69, 9.17) is 16.3 Å². The second kappa shape index (κ2) is 7.71. The normalized spacial score (nSPS) is 12.2. The molecule has 0 saturated carbocycles. The highest BCUT2D eigenvalue weighted by Gasteiger charge is 2.15. The fourth-order valence-electron chi connectivity index (χ4n) is 1.47. The number of carbonyl (C=O) groups excluding carboxylic acids is 1. The standard InChI is InChI=1S/C12H14BrClFNO2/c1-18-7-9(4-5-14)16-12(17)10-3-2-8(15)6-11(10)13/h2-3,6,9H,4-5,7H2,1H3,(H,16,17). The lowest BCUT2D eigenvalue weighted by Gasteiger charge is -2.17. The van der Waals surface area contributed by atoms with Gasteiger partial charge in [-0.1, -0.05) is 0 Å². The Hall–Kier alpha value is -0.650. The Balaban J connectivity index is 2.73. The van der Waals surface area contributed by atoms with Gasteiger partial charge in [0, 0.05) is 17.5 Å². The van der Waals surface area contributed by atoms with E-state index in [1.54, 1.807) is 7.11 Å². The van der Waals surface area contributed by atoms with Gasteiger partial charge in [0.1, 0.15) is 5.82 Å². The average molecular weight is 339 g/mol. The predicted octanol–water partition coefficient (Wildman–Crippen LogP) is 2.96. The Labute approximate surface area is 119 Å². The van der Waals surface area contributed by atoms with Crippen LogP contribution >= 0.6 is 27.5 Å². The first-order chi connectivity index (χ1) is 8.58. The minimum Gasteiger partial charge on any atom is -0.383 e. The first kappa shape index (κ1) is 15.4. The summed E-state index contributed by atoms with van der Waals surface area (Å²) >= 11 is 8.81. The van der Waals surface area contributed by atoms with Gasteiger partial charge in [-0.15, -0.1) is 11.6 Å². The Morgan fingerprint density at radius 3 is 2.89 bits per heavy atom. The molecule has 1 aromatic carbocycles. The van der Waals surface area contributed by atoms with Crippen molar-refractivity contribution in [3.05, 3.63) is 34.1 Å². The topological polar surface area (TPSA) is 38.3 Å². The van der Waals surface area contributed by atoms with Crippen molar-refractivity contribution in [2.75, 3.05) is 19.6 Å². The van der Waals surface area contributed by atoms with Gasteiger partial charge in [0.25, 0.3) is 5.91 Å². The number of hydrogen-bond donors (Lipinski definition) is 1. The molecule has 100 valence electrons. The summed E-state index contributed by atoms with van der Waals surface area (Å²) in [6, 6.07) is 3.77. The van der Waals surface area contributed by atoms with Crippen LogP contribution < -0.4 is 5.32 Å². The van der Waals surface area contributed by atoms with Crippen LogP contribution in [0.1, 0.15) is 16.8 Å². The van der Waals surface area contributed by atoms with Crippen molar-refractivity contribution < 1.29 is 13.9 Å². The Morgan fingerprint density at radius 2 is 2.33 bits per heavy atom. The summed E-state index contributed by atoms with van der Waals surface area (Å²) in [4.78, 5) is 12.0. The third-order valence-corrected chi connectivity index (χ3v) is 3.21. The number of carbonyl (C=O) groups is 1. The number of ether oxygens (including phenoxy) is 1. The first-order valence-corrected chi connectivity index (χ1v) is 6.72. The molecule has 0 heterocycles. The molecule has 1 amide bonds. The second-order valence-corrected chi connectivity index (χ2v) is 4.96. The van der Waals surface area contributed by atoms with Crippen LogP contribution in [0.5, 0.6) is 0 Å². The molecule has 0 aromatic heterocycles. The Bertz CT molecular complexity index is 411. The highest BCUT2D eigenvalue weighted by Crippen LogP contribution is 2.18. The summed E-state index contributed by atoms with van der Waals surface area (Å²) in [7, 11) is 1.56.